The van der Waals surface area contributed by atoms with E-state index in [9.17, 15) is 0 Å². The lowest BCUT2D eigenvalue weighted by atomic mass is 10.1. The van der Waals surface area contributed by atoms with Gasteiger partial charge in [-0.15, -0.1) is 0 Å². The number of halogens is 2. The average molecular weight is 372 g/mol. The quantitative estimate of drug-likeness (QED) is 0.762. The van der Waals surface area contributed by atoms with Crippen molar-refractivity contribution in [3.63, 3.8) is 0 Å². The van der Waals surface area contributed by atoms with Crippen molar-refractivity contribution in [2.24, 2.45) is 0 Å². The summed E-state index contributed by atoms with van der Waals surface area (Å²) in [6.45, 7) is 3.02. The first kappa shape index (κ1) is 13.8. The van der Waals surface area contributed by atoms with Crippen molar-refractivity contribution in [1.29, 1.82) is 0 Å². The van der Waals surface area contributed by atoms with Crippen LogP contribution in [0.5, 0.6) is 0 Å². The zero-order valence-corrected chi connectivity index (χ0v) is 13.1. The molecule has 0 fully saturated rings. The van der Waals surface area contributed by atoms with Gasteiger partial charge in [0.25, 0.3) is 0 Å². The fourth-order valence-corrected chi connectivity index (χ4v) is 2.33. The average Bonchev–Trinajstić information content (AvgIpc) is 2.38. The summed E-state index contributed by atoms with van der Waals surface area (Å²) in [4.78, 5) is 0. The van der Waals surface area contributed by atoms with E-state index in [4.69, 9.17) is 11.6 Å². The molecule has 0 amide bonds. The van der Waals surface area contributed by atoms with E-state index in [1.54, 1.807) is 0 Å². The molecule has 0 spiro atoms. The van der Waals surface area contributed by atoms with Gasteiger partial charge in [0.05, 0.1) is 0 Å². The first-order chi connectivity index (χ1) is 8.65. The molecule has 0 aliphatic heterocycles. The minimum atomic E-state index is 0.294. The lowest BCUT2D eigenvalue weighted by Gasteiger charge is -2.14. The van der Waals surface area contributed by atoms with Crippen molar-refractivity contribution in [3.8, 4) is 0 Å². The topological polar surface area (TPSA) is 12.0 Å². The van der Waals surface area contributed by atoms with Crippen LogP contribution < -0.4 is 5.32 Å². The highest BCUT2D eigenvalue weighted by Crippen LogP contribution is 2.18. The van der Waals surface area contributed by atoms with E-state index in [0.717, 1.165) is 11.6 Å². The van der Waals surface area contributed by atoms with Crippen LogP contribution in [0.25, 0.3) is 0 Å². The van der Waals surface area contributed by atoms with E-state index in [1.165, 1.54) is 14.7 Å². The van der Waals surface area contributed by atoms with Gasteiger partial charge in [0.15, 0.2) is 0 Å². The Labute approximate surface area is 127 Å². The molecule has 2 aromatic rings. The number of hydrogen-bond acceptors (Lipinski definition) is 1. The molecule has 18 heavy (non-hydrogen) atoms. The normalized spacial score (nSPS) is 12.4. The maximum Gasteiger partial charge on any atom is 0.0409 e. The second-order valence-electron chi connectivity index (χ2n) is 4.28. The van der Waals surface area contributed by atoms with Gasteiger partial charge in [-0.05, 0) is 64.9 Å². The van der Waals surface area contributed by atoms with Crippen LogP contribution in [0.3, 0.4) is 0 Å². The summed E-state index contributed by atoms with van der Waals surface area (Å²) in [6.07, 6.45) is 0. The Morgan fingerprint density at radius 3 is 2.56 bits per heavy atom. The number of hydrogen-bond donors (Lipinski definition) is 1. The lowest BCUT2D eigenvalue weighted by molar-refractivity contribution is 0.575. The predicted octanol–water partition coefficient (Wildman–Crippen LogP) is 4.80. The molecule has 0 aromatic heterocycles. The Bertz CT molecular complexity index is 510. The van der Waals surface area contributed by atoms with Gasteiger partial charge in [0.1, 0.15) is 0 Å². The van der Waals surface area contributed by atoms with E-state index in [1.807, 2.05) is 18.2 Å². The molecular weight excluding hydrogens is 357 g/mol. The van der Waals surface area contributed by atoms with Crippen molar-refractivity contribution in [2.75, 3.05) is 0 Å². The zero-order chi connectivity index (χ0) is 13.0. The van der Waals surface area contributed by atoms with Gasteiger partial charge in [0.2, 0.25) is 0 Å². The van der Waals surface area contributed by atoms with Crippen LogP contribution in [-0.2, 0) is 6.54 Å². The second-order valence-corrected chi connectivity index (χ2v) is 5.97. The summed E-state index contributed by atoms with van der Waals surface area (Å²) in [5.41, 5.74) is 2.51. The Balaban J connectivity index is 1.96. The number of rotatable bonds is 4. The molecule has 1 N–H and O–H groups in total. The van der Waals surface area contributed by atoms with Crippen LogP contribution in [0.15, 0.2) is 48.5 Å². The molecule has 2 rings (SSSR count). The summed E-state index contributed by atoms with van der Waals surface area (Å²) in [7, 11) is 0. The molecule has 2 aromatic carbocycles. The van der Waals surface area contributed by atoms with Crippen LogP contribution in [0.1, 0.15) is 24.1 Å². The van der Waals surface area contributed by atoms with Crippen LogP contribution in [-0.4, -0.2) is 0 Å². The monoisotopic (exact) mass is 371 g/mol. The molecule has 0 saturated carbocycles. The van der Waals surface area contributed by atoms with Crippen LogP contribution in [0, 0.1) is 3.57 Å². The van der Waals surface area contributed by atoms with Crippen molar-refractivity contribution in [1.82, 2.24) is 5.32 Å². The molecular formula is C15H15ClIN. The molecule has 1 nitrogen and oxygen atoms in total. The highest BCUT2D eigenvalue weighted by atomic mass is 127. The second kappa shape index (κ2) is 6.55. The molecule has 0 radical (unpaired) electrons. The third-order valence-electron chi connectivity index (χ3n) is 2.87. The number of benzene rings is 2. The molecule has 0 bridgehead atoms. The lowest BCUT2D eigenvalue weighted by Crippen LogP contribution is -2.17. The summed E-state index contributed by atoms with van der Waals surface area (Å²) in [5.74, 6) is 0. The van der Waals surface area contributed by atoms with Gasteiger partial charge in [-0.1, -0.05) is 35.9 Å². The summed E-state index contributed by atoms with van der Waals surface area (Å²) in [5, 5.41) is 4.29. The van der Waals surface area contributed by atoms with Crippen molar-refractivity contribution < 1.29 is 0 Å². The van der Waals surface area contributed by atoms with Crippen molar-refractivity contribution >= 4 is 34.2 Å². The minimum absolute atomic E-state index is 0.294. The van der Waals surface area contributed by atoms with Crippen molar-refractivity contribution in [3.05, 3.63) is 68.3 Å². The Hall–Kier alpha value is -0.580. The van der Waals surface area contributed by atoms with Gasteiger partial charge in [-0.3, -0.25) is 0 Å². The largest absolute Gasteiger partial charge is 0.306 e. The standard InChI is InChI=1S/C15H15ClIN/c1-11(13-3-2-4-14(16)9-13)18-10-12-5-7-15(17)8-6-12/h2-9,11,18H,10H2,1H3/t11-/m0/s1. The van der Waals surface area contributed by atoms with Gasteiger partial charge in [-0.2, -0.15) is 0 Å². The Kier molecular flexibility index (Phi) is 5.03. The SMILES string of the molecule is C[C@H](NCc1ccc(I)cc1)c1cccc(Cl)c1. The van der Waals surface area contributed by atoms with Crippen LogP contribution >= 0.6 is 34.2 Å². The van der Waals surface area contributed by atoms with E-state index in [-0.39, 0.29) is 0 Å². The number of nitrogens with one attached hydrogen (secondary N) is 1. The molecule has 1 atom stereocenters. The van der Waals surface area contributed by atoms with Gasteiger partial charge in [0, 0.05) is 21.2 Å². The van der Waals surface area contributed by atoms with Crippen LogP contribution in [0.4, 0.5) is 0 Å². The van der Waals surface area contributed by atoms with Crippen molar-refractivity contribution in [2.45, 2.75) is 19.5 Å². The van der Waals surface area contributed by atoms with Crippen LogP contribution in [0.2, 0.25) is 5.02 Å². The highest BCUT2D eigenvalue weighted by molar-refractivity contribution is 14.1. The Morgan fingerprint density at radius 2 is 1.89 bits per heavy atom. The van der Waals surface area contributed by atoms with Gasteiger partial charge in [-0.25, -0.2) is 0 Å². The van der Waals surface area contributed by atoms with E-state index in [0.29, 0.717) is 6.04 Å². The summed E-state index contributed by atoms with van der Waals surface area (Å²) >= 11 is 8.31. The third kappa shape index (κ3) is 3.97. The fraction of sp³-hybridized carbons (Fsp3) is 0.200. The first-order valence-electron chi connectivity index (χ1n) is 5.88. The molecule has 0 saturated heterocycles. The molecule has 0 aliphatic carbocycles. The van der Waals surface area contributed by atoms with Gasteiger partial charge >= 0.3 is 0 Å². The van der Waals surface area contributed by atoms with Gasteiger partial charge < -0.3 is 5.32 Å². The maximum absolute atomic E-state index is 5.99. The minimum Gasteiger partial charge on any atom is -0.306 e. The predicted molar refractivity (Wildman–Crippen MR) is 85.9 cm³/mol. The molecule has 3 heteroatoms. The molecule has 94 valence electrons. The summed E-state index contributed by atoms with van der Waals surface area (Å²) in [6, 6.07) is 16.8. The smallest absolute Gasteiger partial charge is 0.0409 e. The zero-order valence-electron chi connectivity index (χ0n) is 10.2. The van der Waals surface area contributed by atoms with E-state index in [2.05, 4.69) is 65.2 Å². The summed E-state index contributed by atoms with van der Waals surface area (Å²) < 4.78 is 1.26. The molecule has 0 unspecified atom stereocenters. The highest BCUT2D eigenvalue weighted by Gasteiger charge is 2.05. The third-order valence-corrected chi connectivity index (χ3v) is 3.83. The fourth-order valence-electron chi connectivity index (χ4n) is 1.77. The van der Waals surface area contributed by atoms with E-state index < -0.39 is 0 Å². The Morgan fingerprint density at radius 1 is 1.17 bits per heavy atom. The first-order valence-corrected chi connectivity index (χ1v) is 7.34. The molecule has 0 aliphatic rings. The maximum atomic E-state index is 5.99. The molecule has 0 heterocycles. The van der Waals surface area contributed by atoms with E-state index >= 15 is 0 Å².